The van der Waals surface area contributed by atoms with E-state index in [4.69, 9.17) is 21.7 Å². The number of rotatable bonds is 9. The minimum Gasteiger partial charge on any atom is -0.493 e. The second-order valence-corrected chi connectivity index (χ2v) is 9.19. The van der Waals surface area contributed by atoms with E-state index in [9.17, 15) is 9.59 Å². The van der Waals surface area contributed by atoms with Gasteiger partial charge in [-0.25, -0.2) is 0 Å². The Kier molecular flexibility index (Phi) is 7.99. The zero-order chi connectivity index (χ0) is 22.4. The predicted octanol–water partition coefficient (Wildman–Crippen LogP) is 3.74. The molecule has 3 rings (SSSR count). The minimum absolute atomic E-state index is 0.162. The van der Waals surface area contributed by atoms with Crippen LogP contribution in [0.2, 0.25) is 0 Å². The summed E-state index contributed by atoms with van der Waals surface area (Å²) in [5, 5.41) is 12.0. The smallest absolute Gasteiger partial charge is 0.266 e. The van der Waals surface area contributed by atoms with E-state index >= 15 is 0 Å². The van der Waals surface area contributed by atoms with Crippen LogP contribution in [0.1, 0.15) is 30.3 Å². The molecule has 2 heterocycles. The molecule has 1 N–H and O–H groups in total. The van der Waals surface area contributed by atoms with Crippen LogP contribution in [0.3, 0.4) is 0 Å². The molecule has 8 nitrogen and oxygen atoms in total. The van der Waals surface area contributed by atoms with Gasteiger partial charge in [-0.05, 0) is 36.6 Å². The van der Waals surface area contributed by atoms with Gasteiger partial charge in [0, 0.05) is 13.0 Å². The Morgan fingerprint density at radius 3 is 2.71 bits per heavy atom. The van der Waals surface area contributed by atoms with Gasteiger partial charge in [0.05, 0.1) is 19.1 Å². The van der Waals surface area contributed by atoms with Gasteiger partial charge in [-0.2, -0.15) is 0 Å². The number of methoxy groups -OCH3 is 2. The highest BCUT2D eigenvalue weighted by molar-refractivity contribution is 8.26. The number of ether oxygens (including phenoxy) is 2. The third-order valence-corrected chi connectivity index (χ3v) is 6.74. The standard InChI is InChI=1S/C20H22N4O4S3/c1-4-17-22-23-19(31-17)21-16(25)6-5-9-24-18(26)15(30-20(24)29)11-12-7-8-13(27-2)14(10-12)28-3/h7-8,10-11H,4-6,9H2,1-3H3,(H,21,23,25). The Balaban J connectivity index is 1.56. The molecule has 1 aromatic heterocycles. The Morgan fingerprint density at radius 2 is 2.03 bits per heavy atom. The molecule has 0 saturated carbocycles. The number of carbonyl (C=O) groups excluding carboxylic acids is 2. The fraction of sp³-hybridized carbons (Fsp3) is 0.350. The fourth-order valence-electron chi connectivity index (χ4n) is 2.81. The Bertz CT molecular complexity index is 1020. The molecule has 164 valence electrons. The first-order valence-electron chi connectivity index (χ1n) is 9.54. The van der Waals surface area contributed by atoms with Gasteiger partial charge < -0.3 is 14.8 Å². The van der Waals surface area contributed by atoms with Crippen molar-refractivity contribution in [1.82, 2.24) is 15.1 Å². The first kappa shape index (κ1) is 23.2. The highest BCUT2D eigenvalue weighted by Crippen LogP contribution is 2.34. The molecule has 1 fully saturated rings. The summed E-state index contributed by atoms with van der Waals surface area (Å²) < 4.78 is 11.0. The van der Waals surface area contributed by atoms with Crippen LogP contribution in [0.4, 0.5) is 5.13 Å². The van der Waals surface area contributed by atoms with Crippen molar-refractivity contribution < 1.29 is 19.1 Å². The summed E-state index contributed by atoms with van der Waals surface area (Å²) in [5.74, 6) is 0.871. The Morgan fingerprint density at radius 1 is 1.26 bits per heavy atom. The van der Waals surface area contributed by atoms with Crippen molar-refractivity contribution in [1.29, 1.82) is 0 Å². The van der Waals surface area contributed by atoms with Crippen LogP contribution in [0.15, 0.2) is 23.1 Å². The molecule has 11 heteroatoms. The van der Waals surface area contributed by atoms with E-state index in [2.05, 4.69) is 15.5 Å². The van der Waals surface area contributed by atoms with Crippen LogP contribution < -0.4 is 14.8 Å². The number of thiocarbonyl (C=S) groups is 1. The van der Waals surface area contributed by atoms with Gasteiger partial charge in [-0.15, -0.1) is 10.2 Å². The molecule has 0 spiro atoms. The number of benzene rings is 1. The molecule has 2 aromatic rings. The number of aromatic nitrogens is 2. The van der Waals surface area contributed by atoms with Gasteiger partial charge in [0.1, 0.15) is 9.33 Å². The lowest BCUT2D eigenvalue weighted by Gasteiger charge is -2.13. The van der Waals surface area contributed by atoms with Crippen LogP contribution in [0, 0.1) is 0 Å². The van der Waals surface area contributed by atoms with Crippen LogP contribution in [0.5, 0.6) is 11.5 Å². The lowest BCUT2D eigenvalue weighted by molar-refractivity contribution is -0.122. The number of thioether (sulfide) groups is 1. The van der Waals surface area contributed by atoms with E-state index in [1.54, 1.807) is 32.4 Å². The SMILES string of the molecule is CCc1nnc(NC(=O)CCCN2C(=O)C(=Cc3ccc(OC)c(OC)c3)SC2=S)s1. The summed E-state index contributed by atoms with van der Waals surface area (Å²) in [6.45, 7) is 2.35. The molecule has 0 atom stereocenters. The Labute approximate surface area is 194 Å². The lowest BCUT2D eigenvalue weighted by Crippen LogP contribution is -2.29. The summed E-state index contributed by atoms with van der Waals surface area (Å²) in [6.07, 6.45) is 3.29. The molecular weight excluding hydrogens is 456 g/mol. The van der Waals surface area contributed by atoms with E-state index in [0.717, 1.165) is 17.0 Å². The predicted molar refractivity (Wildman–Crippen MR) is 127 cm³/mol. The lowest BCUT2D eigenvalue weighted by atomic mass is 10.2. The summed E-state index contributed by atoms with van der Waals surface area (Å²) >= 11 is 7.97. The summed E-state index contributed by atoms with van der Waals surface area (Å²) in [4.78, 5) is 27.0. The number of amides is 2. The summed E-state index contributed by atoms with van der Waals surface area (Å²) in [6, 6.07) is 5.42. The fourth-order valence-corrected chi connectivity index (χ4v) is 4.82. The maximum Gasteiger partial charge on any atom is 0.266 e. The third-order valence-electron chi connectivity index (χ3n) is 4.38. The molecule has 31 heavy (non-hydrogen) atoms. The quantitative estimate of drug-likeness (QED) is 0.430. The van der Waals surface area contributed by atoms with Gasteiger partial charge in [0.2, 0.25) is 11.0 Å². The molecule has 0 aliphatic carbocycles. The average molecular weight is 479 g/mol. The minimum atomic E-state index is -0.165. The van der Waals surface area contributed by atoms with Crippen molar-refractivity contribution in [2.24, 2.45) is 0 Å². The molecule has 2 amide bonds. The van der Waals surface area contributed by atoms with Crippen molar-refractivity contribution in [3.8, 4) is 11.5 Å². The first-order valence-corrected chi connectivity index (χ1v) is 11.6. The van der Waals surface area contributed by atoms with Crippen LogP contribution in [-0.4, -0.2) is 52.0 Å². The number of nitrogens with one attached hydrogen (secondary N) is 1. The maximum absolute atomic E-state index is 12.8. The van der Waals surface area contributed by atoms with Crippen molar-refractivity contribution >= 4 is 62.7 Å². The highest BCUT2D eigenvalue weighted by Gasteiger charge is 2.31. The number of hydrogen-bond donors (Lipinski definition) is 1. The van der Waals surface area contributed by atoms with Gasteiger partial charge in [-0.1, -0.05) is 48.3 Å². The second kappa shape index (κ2) is 10.7. The number of anilines is 1. The number of hydrogen-bond acceptors (Lipinski definition) is 9. The van der Waals surface area contributed by atoms with Crippen LogP contribution in [0.25, 0.3) is 6.08 Å². The van der Waals surface area contributed by atoms with E-state index < -0.39 is 0 Å². The summed E-state index contributed by atoms with van der Waals surface area (Å²) in [5.41, 5.74) is 0.807. The molecule has 1 aliphatic heterocycles. The third kappa shape index (κ3) is 5.81. The molecular formula is C20H22N4O4S3. The number of carbonyl (C=O) groups is 2. The van der Waals surface area contributed by atoms with E-state index in [1.165, 1.54) is 28.0 Å². The Hall–Kier alpha value is -2.50. The van der Waals surface area contributed by atoms with Crippen molar-refractivity contribution in [3.63, 3.8) is 0 Å². The van der Waals surface area contributed by atoms with Crippen LogP contribution >= 0.6 is 35.3 Å². The molecule has 0 unspecified atom stereocenters. The van der Waals surface area contributed by atoms with Crippen molar-refractivity contribution in [3.05, 3.63) is 33.7 Å². The number of aryl methyl sites for hydroxylation is 1. The second-order valence-electron chi connectivity index (χ2n) is 6.45. The normalized spacial score (nSPS) is 14.9. The first-order chi connectivity index (χ1) is 14.9. The monoisotopic (exact) mass is 478 g/mol. The van der Waals surface area contributed by atoms with Crippen molar-refractivity contribution in [2.75, 3.05) is 26.1 Å². The molecule has 0 radical (unpaired) electrons. The van der Waals surface area contributed by atoms with E-state index in [-0.39, 0.29) is 18.2 Å². The number of nitrogens with zero attached hydrogens (tertiary/aromatic N) is 3. The topological polar surface area (TPSA) is 93.7 Å². The molecule has 0 bridgehead atoms. The molecule has 1 aliphatic rings. The van der Waals surface area contributed by atoms with Crippen molar-refractivity contribution in [2.45, 2.75) is 26.2 Å². The van der Waals surface area contributed by atoms with Gasteiger partial charge in [0.25, 0.3) is 5.91 Å². The largest absolute Gasteiger partial charge is 0.493 e. The van der Waals surface area contributed by atoms with Crippen LogP contribution in [-0.2, 0) is 16.0 Å². The summed E-state index contributed by atoms with van der Waals surface area (Å²) in [7, 11) is 3.13. The van der Waals surface area contributed by atoms with E-state index in [1.807, 2.05) is 13.0 Å². The average Bonchev–Trinajstić information content (AvgIpc) is 3.32. The zero-order valence-corrected chi connectivity index (χ0v) is 19.8. The highest BCUT2D eigenvalue weighted by atomic mass is 32.2. The van der Waals surface area contributed by atoms with Gasteiger partial charge in [-0.3, -0.25) is 14.5 Å². The van der Waals surface area contributed by atoms with Gasteiger partial charge in [0.15, 0.2) is 11.5 Å². The molecule has 1 saturated heterocycles. The maximum atomic E-state index is 12.8. The van der Waals surface area contributed by atoms with Gasteiger partial charge >= 0.3 is 0 Å². The zero-order valence-electron chi connectivity index (χ0n) is 17.3. The molecule has 1 aromatic carbocycles. The van der Waals surface area contributed by atoms with E-state index in [0.29, 0.717) is 38.8 Å².